The lowest BCUT2D eigenvalue weighted by Crippen LogP contribution is -2.13. The van der Waals surface area contributed by atoms with Crippen molar-refractivity contribution < 1.29 is 9.47 Å². The van der Waals surface area contributed by atoms with Crippen LogP contribution in [-0.4, -0.2) is 49.1 Å². The van der Waals surface area contributed by atoms with Crippen molar-refractivity contribution in [1.29, 1.82) is 0 Å². The van der Waals surface area contributed by atoms with Gasteiger partial charge in [0.1, 0.15) is 5.75 Å². The van der Waals surface area contributed by atoms with Crippen LogP contribution in [-0.2, 0) is 11.2 Å². The summed E-state index contributed by atoms with van der Waals surface area (Å²) in [5.41, 5.74) is 1.15. The first-order valence-corrected chi connectivity index (χ1v) is 7.12. The molecule has 0 fully saturated rings. The molecule has 0 aliphatic rings. The first kappa shape index (κ1) is 16.0. The third-order valence-electron chi connectivity index (χ3n) is 3.04. The van der Waals surface area contributed by atoms with Gasteiger partial charge in [0.15, 0.2) is 5.82 Å². The molecule has 118 valence electrons. The molecule has 0 saturated heterocycles. The minimum Gasteiger partial charge on any atom is -0.496 e. The van der Waals surface area contributed by atoms with Crippen molar-refractivity contribution in [3.63, 3.8) is 0 Å². The summed E-state index contributed by atoms with van der Waals surface area (Å²) >= 11 is 0. The Labute approximate surface area is 130 Å². The number of nitrogens with zero attached hydrogens (tertiary/aromatic N) is 3. The number of rotatable bonds is 9. The third kappa shape index (κ3) is 4.85. The van der Waals surface area contributed by atoms with Crippen LogP contribution in [0.1, 0.15) is 5.56 Å². The highest BCUT2D eigenvalue weighted by molar-refractivity contribution is 5.38. The van der Waals surface area contributed by atoms with Gasteiger partial charge in [0.25, 0.3) is 0 Å². The van der Waals surface area contributed by atoms with Gasteiger partial charge in [-0.3, -0.25) is 0 Å². The summed E-state index contributed by atoms with van der Waals surface area (Å²) in [6, 6.07) is 7.97. The zero-order valence-corrected chi connectivity index (χ0v) is 12.9. The van der Waals surface area contributed by atoms with Crippen molar-refractivity contribution in [3.8, 4) is 5.75 Å². The molecule has 0 aliphatic heterocycles. The topological polar surface area (TPSA) is 81.2 Å². The van der Waals surface area contributed by atoms with E-state index in [4.69, 9.17) is 9.47 Å². The zero-order chi connectivity index (χ0) is 15.6. The standard InChI is InChI=1S/C15H21N5O2/c1-21-10-9-17-15-19-14(11-18-20-15)16-8-7-12-5-3-4-6-13(12)22-2/h3-6,11H,7-10H2,1-2H3,(H2,16,17,19,20). The SMILES string of the molecule is COCCNc1nncc(NCCc2ccccc2OC)n1. The fourth-order valence-electron chi connectivity index (χ4n) is 1.96. The lowest BCUT2D eigenvalue weighted by molar-refractivity contribution is 0.210. The monoisotopic (exact) mass is 303 g/mol. The second-order valence-corrected chi connectivity index (χ2v) is 4.57. The van der Waals surface area contributed by atoms with Crippen LogP contribution in [0.15, 0.2) is 30.5 Å². The summed E-state index contributed by atoms with van der Waals surface area (Å²) < 4.78 is 10.3. The first-order chi connectivity index (χ1) is 10.8. The minimum absolute atomic E-state index is 0.486. The molecule has 1 aromatic carbocycles. The maximum absolute atomic E-state index is 5.33. The molecule has 0 amide bonds. The van der Waals surface area contributed by atoms with E-state index in [1.54, 1.807) is 20.4 Å². The van der Waals surface area contributed by atoms with Crippen LogP contribution in [0.4, 0.5) is 11.8 Å². The van der Waals surface area contributed by atoms with Gasteiger partial charge in [-0.2, -0.15) is 10.1 Å². The third-order valence-corrected chi connectivity index (χ3v) is 3.04. The van der Waals surface area contributed by atoms with Crippen LogP contribution >= 0.6 is 0 Å². The first-order valence-electron chi connectivity index (χ1n) is 7.12. The number of nitrogens with one attached hydrogen (secondary N) is 2. The van der Waals surface area contributed by atoms with Gasteiger partial charge < -0.3 is 20.1 Å². The number of benzene rings is 1. The molecule has 2 N–H and O–H groups in total. The predicted octanol–water partition coefficient (Wildman–Crippen LogP) is 1.59. The largest absolute Gasteiger partial charge is 0.496 e. The Morgan fingerprint density at radius 3 is 2.77 bits per heavy atom. The summed E-state index contributed by atoms with van der Waals surface area (Å²) in [6.45, 7) is 1.97. The van der Waals surface area contributed by atoms with Crippen molar-refractivity contribution in [2.45, 2.75) is 6.42 Å². The van der Waals surface area contributed by atoms with E-state index in [2.05, 4.69) is 31.9 Å². The average molecular weight is 303 g/mol. The molecule has 22 heavy (non-hydrogen) atoms. The molecule has 7 heteroatoms. The molecule has 7 nitrogen and oxygen atoms in total. The van der Waals surface area contributed by atoms with E-state index in [-0.39, 0.29) is 0 Å². The fraction of sp³-hybridized carbons (Fsp3) is 0.400. The van der Waals surface area contributed by atoms with Crippen molar-refractivity contribution in [2.24, 2.45) is 0 Å². The molecular weight excluding hydrogens is 282 g/mol. The fourth-order valence-corrected chi connectivity index (χ4v) is 1.96. The highest BCUT2D eigenvalue weighted by atomic mass is 16.5. The van der Waals surface area contributed by atoms with E-state index in [1.807, 2.05) is 18.2 Å². The Balaban J connectivity index is 1.85. The molecule has 0 saturated carbocycles. The molecule has 2 aromatic rings. The molecule has 1 heterocycles. The van der Waals surface area contributed by atoms with Gasteiger partial charge in [-0.05, 0) is 18.1 Å². The van der Waals surface area contributed by atoms with Crippen molar-refractivity contribution in [3.05, 3.63) is 36.0 Å². The highest BCUT2D eigenvalue weighted by Crippen LogP contribution is 2.17. The van der Waals surface area contributed by atoms with E-state index in [0.29, 0.717) is 24.9 Å². The van der Waals surface area contributed by atoms with Gasteiger partial charge in [0.05, 0.1) is 19.9 Å². The molecule has 1 aromatic heterocycles. The lowest BCUT2D eigenvalue weighted by atomic mass is 10.1. The molecule has 0 aliphatic carbocycles. The maximum atomic E-state index is 5.33. The summed E-state index contributed by atoms with van der Waals surface area (Å²) in [6.07, 6.45) is 2.43. The van der Waals surface area contributed by atoms with Crippen molar-refractivity contribution in [2.75, 3.05) is 44.5 Å². The number of ether oxygens (including phenoxy) is 2. The van der Waals surface area contributed by atoms with Crippen LogP contribution in [0, 0.1) is 0 Å². The van der Waals surface area contributed by atoms with Gasteiger partial charge in [0.2, 0.25) is 5.95 Å². The molecule has 2 rings (SSSR count). The lowest BCUT2D eigenvalue weighted by Gasteiger charge is -2.10. The highest BCUT2D eigenvalue weighted by Gasteiger charge is 2.03. The molecule has 0 unspecified atom stereocenters. The number of para-hydroxylation sites is 1. The smallest absolute Gasteiger partial charge is 0.244 e. The zero-order valence-electron chi connectivity index (χ0n) is 12.9. The molecule has 0 radical (unpaired) electrons. The van der Waals surface area contributed by atoms with Crippen LogP contribution in [0.25, 0.3) is 0 Å². The Morgan fingerprint density at radius 2 is 1.95 bits per heavy atom. The van der Waals surface area contributed by atoms with Crippen molar-refractivity contribution in [1.82, 2.24) is 15.2 Å². The van der Waals surface area contributed by atoms with E-state index in [9.17, 15) is 0 Å². The average Bonchev–Trinajstić information content (AvgIpc) is 2.56. The summed E-state index contributed by atoms with van der Waals surface area (Å²) in [5, 5.41) is 14.1. The number of aromatic nitrogens is 3. The van der Waals surface area contributed by atoms with Gasteiger partial charge in [0, 0.05) is 20.2 Å². The van der Waals surface area contributed by atoms with E-state index >= 15 is 0 Å². The number of anilines is 2. The Hall–Kier alpha value is -2.41. The second-order valence-electron chi connectivity index (χ2n) is 4.57. The Morgan fingerprint density at radius 1 is 1.09 bits per heavy atom. The Bertz CT molecular complexity index is 579. The summed E-state index contributed by atoms with van der Waals surface area (Å²) in [4.78, 5) is 4.34. The van der Waals surface area contributed by atoms with Crippen molar-refractivity contribution >= 4 is 11.8 Å². The number of hydrogen-bond acceptors (Lipinski definition) is 7. The molecule has 0 spiro atoms. The van der Waals surface area contributed by atoms with Crippen LogP contribution < -0.4 is 15.4 Å². The maximum Gasteiger partial charge on any atom is 0.244 e. The van der Waals surface area contributed by atoms with Gasteiger partial charge >= 0.3 is 0 Å². The molecule has 0 atom stereocenters. The van der Waals surface area contributed by atoms with Gasteiger partial charge in [-0.25, -0.2) is 0 Å². The normalized spacial score (nSPS) is 10.3. The van der Waals surface area contributed by atoms with Crippen LogP contribution in [0.5, 0.6) is 5.75 Å². The van der Waals surface area contributed by atoms with Gasteiger partial charge in [-0.15, -0.1) is 5.10 Å². The predicted molar refractivity (Wildman–Crippen MR) is 85.4 cm³/mol. The Kier molecular flexibility index (Phi) is 6.38. The van der Waals surface area contributed by atoms with Gasteiger partial charge in [-0.1, -0.05) is 18.2 Å². The summed E-state index contributed by atoms with van der Waals surface area (Å²) in [5.74, 6) is 2.07. The molecular formula is C15H21N5O2. The molecule has 0 bridgehead atoms. The van der Waals surface area contributed by atoms with Crippen LogP contribution in [0.3, 0.4) is 0 Å². The van der Waals surface area contributed by atoms with E-state index < -0.39 is 0 Å². The van der Waals surface area contributed by atoms with E-state index in [1.165, 1.54) is 0 Å². The minimum atomic E-state index is 0.486. The van der Waals surface area contributed by atoms with Crippen LogP contribution in [0.2, 0.25) is 0 Å². The number of methoxy groups -OCH3 is 2. The quantitative estimate of drug-likeness (QED) is 0.681. The summed E-state index contributed by atoms with van der Waals surface area (Å²) in [7, 11) is 3.33. The van der Waals surface area contributed by atoms with E-state index in [0.717, 1.165) is 24.3 Å². The second kappa shape index (κ2) is 8.78. The number of hydrogen-bond donors (Lipinski definition) is 2.